The Balaban J connectivity index is 2.16. The summed E-state index contributed by atoms with van der Waals surface area (Å²) in [4.78, 5) is 0. The molecule has 18 heavy (non-hydrogen) atoms. The first-order chi connectivity index (χ1) is 8.53. The molecule has 1 unspecified atom stereocenters. The molecule has 0 aromatic heterocycles. The van der Waals surface area contributed by atoms with Crippen LogP contribution in [-0.2, 0) is 9.47 Å². The molecule has 0 spiro atoms. The minimum atomic E-state index is -3.33. The van der Waals surface area contributed by atoms with Gasteiger partial charge >= 0.3 is 6.11 Å². The lowest BCUT2D eigenvalue weighted by Gasteiger charge is -2.16. The van der Waals surface area contributed by atoms with E-state index in [4.69, 9.17) is 4.74 Å². The summed E-state index contributed by atoms with van der Waals surface area (Å²) in [5, 5.41) is 9.44. The lowest BCUT2D eigenvalue weighted by Crippen LogP contribution is -2.30. The number of para-hydroxylation sites is 1. The summed E-state index contributed by atoms with van der Waals surface area (Å²) < 4.78 is 38.9. The molecule has 1 rings (SSSR count). The van der Waals surface area contributed by atoms with Crippen LogP contribution in [0.1, 0.15) is 0 Å². The molecule has 0 heterocycles. The minimum absolute atomic E-state index is 0.0252. The summed E-state index contributed by atoms with van der Waals surface area (Å²) in [5.74, 6) is 0.596. The molecule has 0 radical (unpaired) electrons. The molecule has 0 aliphatic heterocycles. The van der Waals surface area contributed by atoms with Crippen molar-refractivity contribution >= 4 is 0 Å². The van der Waals surface area contributed by atoms with Crippen molar-refractivity contribution in [1.82, 2.24) is 0 Å². The van der Waals surface area contributed by atoms with E-state index in [1.165, 1.54) is 0 Å². The van der Waals surface area contributed by atoms with Crippen LogP contribution in [0.2, 0.25) is 0 Å². The van der Waals surface area contributed by atoms with Gasteiger partial charge in [-0.05, 0) is 12.1 Å². The zero-order chi connectivity index (χ0) is 13.4. The van der Waals surface area contributed by atoms with E-state index in [2.05, 4.69) is 9.47 Å². The van der Waals surface area contributed by atoms with E-state index in [9.17, 15) is 13.9 Å². The first-order valence-electron chi connectivity index (χ1n) is 5.40. The van der Waals surface area contributed by atoms with Gasteiger partial charge in [0, 0.05) is 7.11 Å². The van der Waals surface area contributed by atoms with Crippen molar-refractivity contribution in [2.24, 2.45) is 0 Å². The number of benzene rings is 1. The fourth-order valence-electron chi connectivity index (χ4n) is 1.13. The Bertz CT molecular complexity index is 332. The highest BCUT2D eigenvalue weighted by Crippen LogP contribution is 2.14. The maximum atomic E-state index is 12.6. The van der Waals surface area contributed by atoms with Gasteiger partial charge in [-0.3, -0.25) is 0 Å². The molecule has 1 aromatic carbocycles. The van der Waals surface area contributed by atoms with Crippen LogP contribution in [0.5, 0.6) is 5.75 Å². The summed E-state index contributed by atoms with van der Waals surface area (Å²) in [7, 11) is 0.887. The summed E-state index contributed by atoms with van der Waals surface area (Å²) in [5.41, 5.74) is 0. The fourth-order valence-corrected chi connectivity index (χ4v) is 1.13. The first-order valence-corrected chi connectivity index (χ1v) is 5.40. The molecule has 6 heteroatoms. The Morgan fingerprint density at radius 2 is 1.89 bits per heavy atom. The van der Waals surface area contributed by atoms with Crippen molar-refractivity contribution in [2.75, 3.05) is 26.9 Å². The van der Waals surface area contributed by atoms with Crippen LogP contribution in [0.3, 0.4) is 0 Å². The van der Waals surface area contributed by atoms with E-state index < -0.39 is 18.8 Å². The molecule has 0 saturated carbocycles. The standard InChI is InChI=1S/C12H16F2O4/c1-16-12(13,14)9-17-7-10(15)8-18-11-5-3-2-4-6-11/h2-6,10,15H,7-9H2,1H3. The normalized spacial score (nSPS) is 13.3. The third-order valence-corrected chi connectivity index (χ3v) is 2.06. The number of halogens is 2. The average Bonchev–Trinajstić information content (AvgIpc) is 2.37. The van der Waals surface area contributed by atoms with Crippen LogP contribution in [0.15, 0.2) is 30.3 Å². The van der Waals surface area contributed by atoms with E-state index in [0.717, 1.165) is 7.11 Å². The number of aliphatic hydroxyl groups excluding tert-OH is 1. The highest BCUT2D eigenvalue weighted by molar-refractivity contribution is 5.20. The summed E-state index contributed by atoms with van der Waals surface area (Å²) in [6.45, 7) is -1.17. The predicted molar refractivity (Wildman–Crippen MR) is 60.7 cm³/mol. The van der Waals surface area contributed by atoms with Gasteiger partial charge in [0.05, 0.1) is 6.61 Å². The molecule has 1 aromatic rings. The number of ether oxygens (including phenoxy) is 3. The topological polar surface area (TPSA) is 47.9 Å². The molecule has 4 nitrogen and oxygen atoms in total. The molecule has 102 valence electrons. The van der Waals surface area contributed by atoms with Gasteiger partial charge in [-0.25, -0.2) is 0 Å². The predicted octanol–water partition coefficient (Wildman–Crippen LogP) is 1.68. The largest absolute Gasteiger partial charge is 0.491 e. The number of aliphatic hydroxyl groups is 1. The van der Waals surface area contributed by atoms with Crippen LogP contribution < -0.4 is 4.74 Å². The average molecular weight is 262 g/mol. The molecule has 1 atom stereocenters. The number of rotatable bonds is 8. The van der Waals surface area contributed by atoms with E-state index >= 15 is 0 Å². The molecular formula is C12H16F2O4. The summed E-state index contributed by atoms with van der Waals surface area (Å²) in [6.07, 6.45) is -4.31. The number of alkyl halides is 2. The quantitative estimate of drug-likeness (QED) is 0.774. The fraction of sp³-hybridized carbons (Fsp3) is 0.500. The summed E-state index contributed by atoms with van der Waals surface area (Å²) in [6, 6.07) is 8.87. The number of hydrogen-bond donors (Lipinski definition) is 1. The highest BCUT2D eigenvalue weighted by Gasteiger charge is 2.28. The van der Waals surface area contributed by atoms with Gasteiger partial charge in [-0.2, -0.15) is 8.78 Å². The van der Waals surface area contributed by atoms with Crippen molar-refractivity contribution in [3.8, 4) is 5.75 Å². The lowest BCUT2D eigenvalue weighted by atomic mass is 10.3. The Labute approximate surface area is 104 Å². The minimum Gasteiger partial charge on any atom is -0.491 e. The van der Waals surface area contributed by atoms with Crippen molar-refractivity contribution in [1.29, 1.82) is 0 Å². The molecule has 0 saturated heterocycles. The van der Waals surface area contributed by atoms with Crippen LogP contribution >= 0.6 is 0 Å². The second-order valence-electron chi connectivity index (χ2n) is 3.63. The second kappa shape index (κ2) is 7.25. The summed E-state index contributed by atoms with van der Waals surface area (Å²) >= 11 is 0. The smallest absolute Gasteiger partial charge is 0.378 e. The number of methoxy groups -OCH3 is 1. The Kier molecular flexibility index (Phi) is 5.97. The number of hydrogen-bond acceptors (Lipinski definition) is 4. The second-order valence-corrected chi connectivity index (χ2v) is 3.63. The SMILES string of the molecule is COC(F)(F)COCC(O)COc1ccccc1. The van der Waals surface area contributed by atoms with E-state index in [0.29, 0.717) is 5.75 Å². The van der Waals surface area contributed by atoms with Crippen LogP contribution in [0.4, 0.5) is 8.78 Å². The van der Waals surface area contributed by atoms with Gasteiger partial charge in [-0.15, -0.1) is 0 Å². The molecule has 0 aliphatic rings. The van der Waals surface area contributed by atoms with Gasteiger partial charge < -0.3 is 19.3 Å². The zero-order valence-electron chi connectivity index (χ0n) is 10.0. The van der Waals surface area contributed by atoms with Crippen molar-refractivity contribution in [3.05, 3.63) is 30.3 Å². The third kappa shape index (κ3) is 5.90. The van der Waals surface area contributed by atoms with E-state index in [1.54, 1.807) is 24.3 Å². The van der Waals surface area contributed by atoms with Crippen LogP contribution in [0, 0.1) is 0 Å². The maximum Gasteiger partial charge on any atom is 0.378 e. The molecule has 0 amide bonds. The van der Waals surface area contributed by atoms with Gasteiger partial charge in [0.1, 0.15) is 25.1 Å². The van der Waals surface area contributed by atoms with Gasteiger partial charge in [-0.1, -0.05) is 18.2 Å². The lowest BCUT2D eigenvalue weighted by molar-refractivity contribution is -0.252. The van der Waals surface area contributed by atoms with Crippen LogP contribution in [-0.4, -0.2) is 44.2 Å². The Morgan fingerprint density at radius 1 is 1.22 bits per heavy atom. The molecule has 0 fully saturated rings. The maximum absolute atomic E-state index is 12.6. The third-order valence-electron chi connectivity index (χ3n) is 2.06. The van der Waals surface area contributed by atoms with Gasteiger partial charge in [0.15, 0.2) is 0 Å². The monoisotopic (exact) mass is 262 g/mol. The molecular weight excluding hydrogens is 246 g/mol. The Morgan fingerprint density at radius 3 is 2.50 bits per heavy atom. The zero-order valence-corrected chi connectivity index (χ0v) is 10.0. The van der Waals surface area contributed by atoms with Crippen LogP contribution in [0.25, 0.3) is 0 Å². The van der Waals surface area contributed by atoms with E-state index in [1.807, 2.05) is 6.07 Å². The van der Waals surface area contributed by atoms with Gasteiger partial charge in [0.25, 0.3) is 0 Å². The molecule has 0 bridgehead atoms. The molecule has 1 N–H and O–H groups in total. The van der Waals surface area contributed by atoms with Crippen molar-refractivity contribution in [2.45, 2.75) is 12.2 Å². The highest BCUT2D eigenvalue weighted by atomic mass is 19.3. The first kappa shape index (κ1) is 14.8. The Hall–Kier alpha value is -1.24. The van der Waals surface area contributed by atoms with Crippen molar-refractivity contribution < 1.29 is 28.1 Å². The van der Waals surface area contributed by atoms with E-state index in [-0.39, 0.29) is 13.2 Å². The van der Waals surface area contributed by atoms with Crippen molar-refractivity contribution in [3.63, 3.8) is 0 Å². The van der Waals surface area contributed by atoms with Gasteiger partial charge in [0.2, 0.25) is 0 Å². The molecule has 0 aliphatic carbocycles.